The third kappa shape index (κ3) is 2.72. The molecular weight excluding hydrogens is 272 g/mol. The first kappa shape index (κ1) is 13.4. The number of hydrogen-bond acceptors (Lipinski definition) is 5. The van der Waals surface area contributed by atoms with Gasteiger partial charge in [-0.1, -0.05) is 23.7 Å². The number of nitro groups is 1. The van der Waals surface area contributed by atoms with Crippen LogP contribution < -0.4 is 0 Å². The van der Waals surface area contributed by atoms with Crippen molar-refractivity contribution in [2.45, 2.75) is 19.4 Å². The first-order chi connectivity index (χ1) is 9.02. The van der Waals surface area contributed by atoms with E-state index in [1.165, 1.54) is 23.0 Å². The van der Waals surface area contributed by atoms with Crippen molar-refractivity contribution in [2.24, 2.45) is 0 Å². The van der Waals surface area contributed by atoms with Crippen molar-refractivity contribution in [3.63, 3.8) is 0 Å². The topological polar surface area (TPSA) is 94.1 Å². The molecule has 8 heteroatoms. The van der Waals surface area contributed by atoms with Crippen molar-refractivity contribution in [1.82, 2.24) is 15.0 Å². The lowest BCUT2D eigenvalue weighted by atomic mass is 10.2. The summed E-state index contributed by atoms with van der Waals surface area (Å²) in [4.78, 5) is 10.2. The normalized spacial score (nSPS) is 12.4. The largest absolute Gasteiger partial charge is 0.387 e. The van der Waals surface area contributed by atoms with E-state index in [4.69, 9.17) is 11.6 Å². The Bertz CT molecular complexity index is 614. The van der Waals surface area contributed by atoms with Crippen LogP contribution in [0.15, 0.2) is 24.4 Å². The van der Waals surface area contributed by atoms with Crippen molar-refractivity contribution in [2.75, 3.05) is 0 Å². The highest BCUT2D eigenvalue weighted by Gasteiger charge is 2.15. The Morgan fingerprint density at radius 3 is 2.95 bits per heavy atom. The van der Waals surface area contributed by atoms with Crippen molar-refractivity contribution in [3.8, 4) is 5.69 Å². The van der Waals surface area contributed by atoms with E-state index >= 15 is 0 Å². The highest BCUT2D eigenvalue weighted by atomic mass is 35.5. The first-order valence-electron chi connectivity index (χ1n) is 5.57. The lowest BCUT2D eigenvalue weighted by Gasteiger charge is -2.02. The Kier molecular flexibility index (Phi) is 3.77. The van der Waals surface area contributed by atoms with Crippen LogP contribution in [-0.4, -0.2) is 25.0 Å². The molecule has 100 valence electrons. The van der Waals surface area contributed by atoms with E-state index in [9.17, 15) is 15.2 Å². The number of benzene rings is 1. The van der Waals surface area contributed by atoms with Crippen molar-refractivity contribution >= 4 is 17.3 Å². The third-order valence-electron chi connectivity index (χ3n) is 2.63. The van der Waals surface area contributed by atoms with Crippen LogP contribution in [0.5, 0.6) is 0 Å². The minimum Gasteiger partial charge on any atom is -0.387 e. The predicted molar refractivity (Wildman–Crippen MR) is 68.3 cm³/mol. The van der Waals surface area contributed by atoms with Gasteiger partial charge >= 0.3 is 0 Å². The van der Waals surface area contributed by atoms with Crippen molar-refractivity contribution < 1.29 is 10.0 Å². The Morgan fingerprint density at radius 2 is 2.32 bits per heavy atom. The molecule has 1 N–H and O–H groups in total. The first-order valence-corrected chi connectivity index (χ1v) is 5.95. The van der Waals surface area contributed by atoms with E-state index in [-0.39, 0.29) is 10.7 Å². The zero-order valence-corrected chi connectivity index (χ0v) is 10.8. The van der Waals surface area contributed by atoms with Gasteiger partial charge in [-0.2, -0.15) is 0 Å². The summed E-state index contributed by atoms with van der Waals surface area (Å²) < 4.78 is 1.36. The predicted octanol–water partition coefficient (Wildman–Crippen LogP) is 2.27. The van der Waals surface area contributed by atoms with E-state index in [0.717, 1.165) is 0 Å². The van der Waals surface area contributed by atoms with Gasteiger partial charge in [0.05, 0.1) is 22.9 Å². The molecule has 1 atom stereocenters. The fourth-order valence-corrected chi connectivity index (χ4v) is 1.73. The summed E-state index contributed by atoms with van der Waals surface area (Å²) in [5.74, 6) is 0. The third-order valence-corrected chi connectivity index (χ3v) is 2.95. The number of aliphatic hydroxyl groups is 1. The van der Waals surface area contributed by atoms with Gasteiger partial charge in [-0.05, 0) is 18.6 Å². The summed E-state index contributed by atoms with van der Waals surface area (Å²) in [6, 6.07) is 4.32. The molecule has 0 radical (unpaired) electrons. The van der Waals surface area contributed by atoms with Crippen LogP contribution >= 0.6 is 11.6 Å². The SMILES string of the molecule is CCC(O)c1cn(-c2ccc(Cl)c([N+](=O)[O-])c2)nn1. The maximum Gasteiger partial charge on any atom is 0.290 e. The highest BCUT2D eigenvalue weighted by molar-refractivity contribution is 6.32. The van der Waals surface area contributed by atoms with E-state index in [0.29, 0.717) is 17.8 Å². The maximum absolute atomic E-state index is 10.8. The highest BCUT2D eigenvalue weighted by Crippen LogP contribution is 2.26. The lowest BCUT2D eigenvalue weighted by Crippen LogP contribution is -1.97. The van der Waals surface area contributed by atoms with E-state index in [1.807, 2.05) is 6.92 Å². The second-order valence-electron chi connectivity index (χ2n) is 3.90. The molecule has 2 aromatic rings. The zero-order chi connectivity index (χ0) is 14.0. The average molecular weight is 283 g/mol. The van der Waals surface area contributed by atoms with Crippen LogP contribution in [0.25, 0.3) is 5.69 Å². The van der Waals surface area contributed by atoms with Crippen LogP contribution in [0.3, 0.4) is 0 Å². The number of hydrogen-bond donors (Lipinski definition) is 1. The van der Waals surface area contributed by atoms with Crippen LogP contribution in [0.2, 0.25) is 5.02 Å². The van der Waals surface area contributed by atoms with Crippen LogP contribution in [-0.2, 0) is 0 Å². The molecule has 1 aromatic carbocycles. The molecule has 0 aliphatic carbocycles. The minimum atomic E-state index is -0.698. The molecule has 0 saturated heterocycles. The summed E-state index contributed by atoms with van der Waals surface area (Å²) in [6.45, 7) is 1.82. The van der Waals surface area contributed by atoms with Gasteiger partial charge in [0.1, 0.15) is 10.7 Å². The fraction of sp³-hybridized carbons (Fsp3) is 0.273. The van der Waals surface area contributed by atoms with Gasteiger partial charge in [0.25, 0.3) is 5.69 Å². The summed E-state index contributed by atoms with van der Waals surface area (Å²) >= 11 is 5.73. The Morgan fingerprint density at radius 1 is 1.58 bits per heavy atom. The van der Waals surface area contributed by atoms with Crippen molar-refractivity contribution in [1.29, 1.82) is 0 Å². The van der Waals surface area contributed by atoms with Gasteiger partial charge in [0.15, 0.2) is 0 Å². The van der Waals surface area contributed by atoms with Crippen molar-refractivity contribution in [3.05, 3.63) is 45.2 Å². The lowest BCUT2D eigenvalue weighted by molar-refractivity contribution is -0.384. The Hall–Kier alpha value is -1.99. The molecule has 2 rings (SSSR count). The average Bonchev–Trinajstić information content (AvgIpc) is 2.87. The monoisotopic (exact) mass is 282 g/mol. The molecule has 1 unspecified atom stereocenters. The molecule has 0 aliphatic rings. The maximum atomic E-state index is 10.8. The molecule has 0 fully saturated rings. The van der Waals surface area contributed by atoms with E-state index in [2.05, 4.69) is 10.3 Å². The molecule has 1 heterocycles. The standard InChI is InChI=1S/C11H11ClN4O3/c1-2-11(17)9-6-15(14-13-9)7-3-4-8(12)10(5-7)16(18)19/h3-6,11,17H,2H2,1H3. The number of aromatic nitrogens is 3. The molecule has 19 heavy (non-hydrogen) atoms. The van der Waals surface area contributed by atoms with Gasteiger partial charge in [0, 0.05) is 6.07 Å². The van der Waals surface area contributed by atoms with Crippen LogP contribution in [0, 0.1) is 10.1 Å². The molecule has 0 aliphatic heterocycles. The number of nitrogens with zero attached hydrogens (tertiary/aromatic N) is 4. The van der Waals surface area contributed by atoms with Gasteiger partial charge in [-0.25, -0.2) is 4.68 Å². The molecule has 0 spiro atoms. The Labute approximate surface area is 113 Å². The minimum absolute atomic E-state index is 0.0580. The van der Waals surface area contributed by atoms with Gasteiger partial charge < -0.3 is 5.11 Å². The van der Waals surface area contributed by atoms with Gasteiger partial charge in [-0.15, -0.1) is 5.10 Å². The second-order valence-corrected chi connectivity index (χ2v) is 4.31. The molecular formula is C11H11ClN4O3. The summed E-state index contributed by atoms with van der Waals surface area (Å²) in [6.07, 6.45) is 1.34. The number of nitro benzene ring substituents is 1. The van der Waals surface area contributed by atoms with E-state index in [1.54, 1.807) is 6.07 Å². The van der Waals surface area contributed by atoms with Gasteiger partial charge in [-0.3, -0.25) is 10.1 Å². The Balaban J connectivity index is 2.39. The number of halogens is 1. The molecule has 1 aromatic heterocycles. The van der Waals surface area contributed by atoms with Crippen LogP contribution in [0.4, 0.5) is 5.69 Å². The second kappa shape index (κ2) is 5.33. The van der Waals surface area contributed by atoms with E-state index < -0.39 is 11.0 Å². The molecule has 7 nitrogen and oxygen atoms in total. The van der Waals surface area contributed by atoms with Gasteiger partial charge in [0.2, 0.25) is 0 Å². The fourth-order valence-electron chi connectivity index (χ4n) is 1.55. The number of rotatable bonds is 4. The molecule has 0 bridgehead atoms. The molecule has 0 saturated carbocycles. The number of aliphatic hydroxyl groups excluding tert-OH is 1. The van der Waals surface area contributed by atoms with Crippen LogP contribution in [0.1, 0.15) is 25.1 Å². The molecule has 0 amide bonds. The summed E-state index contributed by atoms with van der Waals surface area (Å²) in [5, 5.41) is 28.1. The summed E-state index contributed by atoms with van der Waals surface area (Å²) in [5.41, 5.74) is 0.672. The summed E-state index contributed by atoms with van der Waals surface area (Å²) in [7, 11) is 0. The quantitative estimate of drug-likeness (QED) is 0.686. The smallest absolute Gasteiger partial charge is 0.290 e. The zero-order valence-electron chi connectivity index (χ0n) is 10.0.